The fraction of sp³-hybridized carbons (Fsp3) is 0.0909. The largest absolute Gasteiger partial charge is 0.488 e. The van der Waals surface area contributed by atoms with E-state index in [-0.39, 0.29) is 24.9 Å². The number of oxime groups is 1. The van der Waals surface area contributed by atoms with E-state index in [0.29, 0.717) is 27.6 Å². The van der Waals surface area contributed by atoms with Gasteiger partial charge in [-0.1, -0.05) is 53.2 Å². The first kappa shape index (κ1) is 20.4. The van der Waals surface area contributed by atoms with Gasteiger partial charge in [0.1, 0.15) is 18.2 Å². The Hall–Kier alpha value is -3.38. The number of hydrogen-bond donors (Lipinski definition) is 1. The first-order valence-electron chi connectivity index (χ1n) is 8.78. The van der Waals surface area contributed by atoms with Gasteiger partial charge in [0, 0.05) is 21.8 Å². The molecular formula is C22H18ClFN2O3. The van der Waals surface area contributed by atoms with Crippen molar-refractivity contribution in [3.8, 4) is 5.75 Å². The van der Waals surface area contributed by atoms with Crippen molar-refractivity contribution in [1.29, 1.82) is 0 Å². The molecule has 0 heterocycles. The first-order chi connectivity index (χ1) is 14.1. The standard InChI is InChI=1S/C22H18ClFN2O3/c23-18-10-11-21(28-14-16-6-4-5-9-20(16)24)17(12-18)13-25-29-15-22(27)26-19-7-2-1-3-8-19/h1-13H,14-15H2,(H,26,27)/b25-13+. The summed E-state index contributed by atoms with van der Waals surface area (Å²) in [4.78, 5) is 16.9. The molecule has 0 fully saturated rings. The number of hydrogen-bond acceptors (Lipinski definition) is 4. The summed E-state index contributed by atoms with van der Waals surface area (Å²) in [6, 6.07) is 20.3. The van der Waals surface area contributed by atoms with E-state index in [0.717, 1.165) is 0 Å². The van der Waals surface area contributed by atoms with Crippen LogP contribution in [-0.4, -0.2) is 18.7 Å². The van der Waals surface area contributed by atoms with Crippen LogP contribution in [0.3, 0.4) is 0 Å². The molecule has 0 saturated carbocycles. The number of nitrogens with zero attached hydrogens (tertiary/aromatic N) is 1. The van der Waals surface area contributed by atoms with E-state index in [1.807, 2.05) is 18.2 Å². The molecule has 0 radical (unpaired) electrons. The molecule has 0 bridgehead atoms. The molecule has 0 aliphatic carbocycles. The lowest BCUT2D eigenvalue weighted by molar-refractivity contribution is -0.120. The topological polar surface area (TPSA) is 59.9 Å². The molecule has 0 aliphatic rings. The minimum atomic E-state index is -0.343. The quantitative estimate of drug-likeness (QED) is 0.416. The van der Waals surface area contributed by atoms with Crippen LogP contribution in [0, 0.1) is 5.82 Å². The van der Waals surface area contributed by atoms with Gasteiger partial charge in [0.2, 0.25) is 0 Å². The van der Waals surface area contributed by atoms with Gasteiger partial charge in [-0.05, 0) is 36.4 Å². The van der Waals surface area contributed by atoms with Crippen molar-refractivity contribution >= 4 is 29.4 Å². The fourth-order valence-electron chi connectivity index (χ4n) is 2.43. The van der Waals surface area contributed by atoms with Gasteiger partial charge in [0.15, 0.2) is 6.61 Å². The molecule has 1 N–H and O–H groups in total. The van der Waals surface area contributed by atoms with Gasteiger partial charge < -0.3 is 14.9 Å². The van der Waals surface area contributed by atoms with E-state index in [2.05, 4.69) is 10.5 Å². The van der Waals surface area contributed by atoms with Gasteiger partial charge in [0.05, 0.1) is 6.21 Å². The van der Waals surface area contributed by atoms with Crippen LogP contribution in [-0.2, 0) is 16.2 Å². The predicted molar refractivity (Wildman–Crippen MR) is 111 cm³/mol. The zero-order valence-electron chi connectivity index (χ0n) is 15.3. The number of carbonyl (C=O) groups excluding carboxylic acids is 1. The van der Waals surface area contributed by atoms with Crippen LogP contribution in [0.5, 0.6) is 5.75 Å². The van der Waals surface area contributed by atoms with Crippen molar-refractivity contribution in [2.45, 2.75) is 6.61 Å². The SMILES string of the molecule is O=C(CO/N=C/c1cc(Cl)ccc1OCc1ccccc1F)Nc1ccccc1. The molecule has 29 heavy (non-hydrogen) atoms. The molecule has 0 atom stereocenters. The molecule has 5 nitrogen and oxygen atoms in total. The third-order valence-corrected chi connectivity index (χ3v) is 4.07. The van der Waals surface area contributed by atoms with E-state index in [9.17, 15) is 9.18 Å². The normalized spacial score (nSPS) is 10.7. The molecule has 0 spiro atoms. The highest BCUT2D eigenvalue weighted by molar-refractivity contribution is 6.30. The first-order valence-corrected chi connectivity index (χ1v) is 9.15. The monoisotopic (exact) mass is 412 g/mol. The Morgan fingerprint density at radius 2 is 1.83 bits per heavy atom. The van der Waals surface area contributed by atoms with Crippen LogP contribution in [0.4, 0.5) is 10.1 Å². The lowest BCUT2D eigenvalue weighted by Crippen LogP contribution is -2.16. The van der Waals surface area contributed by atoms with Gasteiger partial charge in [-0.3, -0.25) is 4.79 Å². The summed E-state index contributed by atoms with van der Waals surface area (Å²) in [5.41, 5.74) is 1.64. The molecule has 1 amide bonds. The fourth-order valence-corrected chi connectivity index (χ4v) is 2.61. The molecule has 3 aromatic carbocycles. The maximum atomic E-state index is 13.8. The van der Waals surface area contributed by atoms with Crippen molar-refractivity contribution in [2.75, 3.05) is 11.9 Å². The molecular weight excluding hydrogens is 395 g/mol. The summed E-state index contributed by atoms with van der Waals surface area (Å²) < 4.78 is 19.4. The number of halogens is 2. The van der Waals surface area contributed by atoms with Crippen LogP contribution in [0.15, 0.2) is 78.0 Å². The maximum Gasteiger partial charge on any atom is 0.265 e. The van der Waals surface area contributed by atoms with Gasteiger partial charge in [-0.15, -0.1) is 0 Å². The summed E-state index contributed by atoms with van der Waals surface area (Å²) in [7, 11) is 0. The number of nitrogens with one attached hydrogen (secondary N) is 1. The second-order valence-corrected chi connectivity index (χ2v) is 6.42. The second-order valence-electron chi connectivity index (χ2n) is 5.98. The molecule has 7 heteroatoms. The lowest BCUT2D eigenvalue weighted by Gasteiger charge is -2.10. The maximum absolute atomic E-state index is 13.8. The van der Waals surface area contributed by atoms with E-state index in [1.165, 1.54) is 12.3 Å². The van der Waals surface area contributed by atoms with Crippen molar-refractivity contribution in [1.82, 2.24) is 0 Å². The Labute approximate surface area is 172 Å². The smallest absolute Gasteiger partial charge is 0.265 e. The summed E-state index contributed by atoms with van der Waals surface area (Å²) in [5.74, 6) is -0.223. The van der Waals surface area contributed by atoms with Crippen LogP contribution in [0.2, 0.25) is 5.02 Å². The van der Waals surface area contributed by atoms with Crippen LogP contribution >= 0.6 is 11.6 Å². The molecule has 3 aromatic rings. The van der Waals surface area contributed by atoms with Crippen molar-refractivity contribution < 1.29 is 18.8 Å². The number of carbonyl (C=O) groups is 1. The average molecular weight is 413 g/mol. The van der Waals surface area contributed by atoms with Crippen LogP contribution < -0.4 is 10.1 Å². The van der Waals surface area contributed by atoms with Gasteiger partial charge in [-0.2, -0.15) is 0 Å². The van der Waals surface area contributed by atoms with Gasteiger partial charge in [-0.25, -0.2) is 4.39 Å². The number of anilines is 1. The highest BCUT2D eigenvalue weighted by Gasteiger charge is 2.07. The zero-order chi connectivity index (χ0) is 20.5. The van der Waals surface area contributed by atoms with Crippen molar-refractivity contribution in [3.05, 3.63) is 94.8 Å². The molecule has 3 rings (SSSR count). The summed E-state index contributed by atoms with van der Waals surface area (Å²) in [6.07, 6.45) is 1.39. The van der Waals surface area contributed by atoms with Crippen molar-refractivity contribution in [2.24, 2.45) is 5.16 Å². The van der Waals surface area contributed by atoms with Gasteiger partial charge >= 0.3 is 0 Å². The van der Waals surface area contributed by atoms with Gasteiger partial charge in [0.25, 0.3) is 5.91 Å². The Morgan fingerprint density at radius 1 is 1.07 bits per heavy atom. The third kappa shape index (κ3) is 6.33. The van der Waals surface area contributed by atoms with Crippen LogP contribution in [0.1, 0.15) is 11.1 Å². The molecule has 0 aliphatic heterocycles. The molecule has 148 valence electrons. The summed E-state index contributed by atoms with van der Waals surface area (Å²) >= 11 is 6.03. The number of amides is 1. The Balaban J connectivity index is 1.57. The summed E-state index contributed by atoms with van der Waals surface area (Å²) in [6.45, 7) is -0.202. The van der Waals surface area contributed by atoms with E-state index >= 15 is 0 Å². The Bertz CT molecular complexity index is 996. The Morgan fingerprint density at radius 3 is 2.62 bits per heavy atom. The minimum Gasteiger partial charge on any atom is -0.488 e. The molecule has 0 saturated heterocycles. The van der Waals surface area contributed by atoms with Crippen molar-refractivity contribution in [3.63, 3.8) is 0 Å². The number of rotatable bonds is 8. The van der Waals surface area contributed by atoms with Crippen LogP contribution in [0.25, 0.3) is 0 Å². The third-order valence-electron chi connectivity index (χ3n) is 3.83. The minimum absolute atomic E-state index is 0.0511. The average Bonchev–Trinajstić information content (AvgIpc) is 2.72. The molecule has 0 unspecified atom stereocenters. The number of benzene rings is 3. The molecule has 0 aromatic heterocycles. The van der Waals surface area contributed by atoms with E-state index in [1.54, 1.807) is 48.5 Å². The predicted octanol–water partition coefficient (Wildman–Crippen LogP) is 5.05. The lowest BCUT2D eigenvalue weighted by atomic mass is 10.2. The Kier molecular flexibility index (Phi) is 7.19. The highest BCUT2D eigenvalue weighted by Crippen LogP contribution is 2.23. The number of para-hydroxylation sites is 1. The highest BCUT2D eigenvalue weighted by atomic mass is 35.5. The van der Waals surface area contributed by atoms with E-state index < -0.39 is 0 Å². The zero-order valence-corrected chi connectivity index (χ0v) is 16.1. The number of ether oxygens (including phenoxy) is 1. The summed E-state index contributed by atoms with van der Waals surface area (Å²) in [5, 5.41) is 6.96. The second kappa shape index (κ2) is 10.2. The van der Waals surface area contributed by atoms with E-state index in [4.69, 9.17) is 21.2 Å².